The minimum atomic E-state index is -0.0701. The van der Waals surface area contributed by atoms with E-state index in [4.69, 9.17) is 23.2 Å². The van der Waals surface area contributed by atoms with Crippen LogP contribution in [-0.4, -0.2) is 10.1 Å². The van der Waals surface area contributed by atoms with Gasteiger partial charge in [0, 0.05) is 27.0 Å². The summed E-state index contributed by atoms with van der Waals surface area (Å²) in [5.41, 5.74) is 5.96. The van der Waals surface area contributed by atoms with Gasteiger partial charge in [-0.25, -0.2) is 0 Å². The Kier molecular flexibility index (Phi) is 4.76. The molecular formula is C19H17Cl2NO. The molecule has 0 aliphatic heterocycles. The Morgan fingerprint density at radius 1 is 0.957 bits per heavy atom. The van der Waals surface area contributed by atoms with Gasteiger partial charge >= 0.3 is 0 Å². The summed E-state index contributed by atoms with van der Waals surface area (Å²) in [5.74, 6) is 0. The largest absolute Gasteiger partial charge is 0.390 e. The SMILES string of the molecule is CCc1c(-c2ccccc2)[nH]c(CO)c1-c1cc(Cl)cc(Cl)c1. The van der Waals surface area contributed by atoms with Gasteiger partial charge in [-0.2, -0.15) is 0 Å². The monoisotopic (exact) mass is 345 g/mol. The lowest BCUT2D eigenvalue weighted by Crippen LogP contribution is -1.90. The molecule has 0 fully saturated rings. The number of aromatic amines is 1. The van der Waals surface area contributed by atoms with Crippen molar-refractivity contribution >= 4 is 23.2 Å². The molecule has 0 amide bonds. The molecule has 2 N–H and O–H groups in total. The molecule has 0 bridgehead atoms. The summed E-state index contributed by atoms with van der Waals surface area (Å²) >= 11 is 12.3. The second-order valence-electron chi connectivity index (χ2n) is 5.37. The Bertz CT molecular complexity index is 805. The van der Waals surface area contributed by atoms with Crippen LogP contribution in [0, 0.1) is 0 Å². The number of hydrogen-bond donors (Lipinski definition) is 2. The fourth-order valence-electron chi connectivity index (χ4n) is 2.97. The summed E-state index contributed by atoms with van der Waals surface area (Å²) in [6, 6.07) is 15.6. The maximum atomic E-state index is 9.80. The van der Waals surface area contributed by atoms with E-state index in [-0.39, 0.29) is 6.61 Å². The van der Waals surface area contributed by atoms with Crippen LogP contribution in [0.2, 0.25) is 10.0 Å². The molecule has 0 saturated heterocycles. The van der Waals surface area contributed by atoms with Crippen molar-refractivity contribution in [2.24, 2.45) is 0 Å². The number of aromatic nitrogens is 1. The Labute approximate surface area is 145 Å². The van der Waals surface area contributed by atoms with Crippen LogP contribution in [0.15, 0.2) is 48.5 Å². The molecule has 3 rings (SSSR count). The minimum Gasteiger partial charge on any atom is -0.390 e. The van der Waals surface area contributed by atoms with Crippen LogP contribution in [0.4, 0.5) is 0 Å². The molecule has 2 nitrogen and oxygen atoms in total. The van der Waals surface area contributed by atoms with E-state index in [2.05, 4.69) is 24.0 Å². The zero-order valence-corrected chi connectivity index (χ0v) is 14.2. The summed E-state index contributed by atoms with van der Waals surface area (Å²) in [6.07, 6.45) is 0.834. The van der Waals surface area contributed by atoms with Gasteiger partial charge in [-0.1, -0.05) is 60.5 Å². The van der Waals surface area contributed by atoms with Gasteiger partial charge in [-0.15, -0.1) is 0 Å². The second-order valence-corrected chi connectivity index (χ2v) is 6.24. The van der Waals surface area contributed by atoms with Crippen LogP contribution >= 0.6 is 23.2 Å². The molecule has 1 heterocycles. The molecule has 0 spiro atoms. The van der Waals surface area contributed by atoms with Gasteiger partial charge in [-0.05, 0) is 41.3 Å². The second kappa shape index (κ2) is 6.79. The Balaban J connectivity index is 2.26. The number of rotatable bonds is 4. The van der Waals surface area contributed by atoms with Crippen molar-refractivity contribution in [3.63, 3.8) is 0 Å². The van der Waals surface area contributed by atoms with E-state index < -0.39 is 0 Å². The molecule has 0 radical (unpaired) electrons. The molecule has 23 heavy (non-hydrogen) atoms. The molecule has 4 heteroatoms. The van der Waals surface area contributed by atoms with Gasteiger partial charge in [0.25, 0.3) is 0 Å². The molecule has 1 aromatic heterocycles. The van der Waals surface area contributed by atoms with Crippen LogP contribution in [-0.2, 0) is 13.0 Å². The zero-order valence-electron chi connectivity index (χ0n) is 12.7. The van der Waals surface area contributed by atoms with Crippen molar-refractivity contribution < 1.29 is 5.11 Å². The third-order valence-corrected chi connectivity index (χ3v) is 4.34. The summed E-state index contributed by atoms with van der Waals surface area (Å²) in [5, 5.41) is 11.0. The number of hydrogen-bond acceptors (Lipinski definition) is 1. The normalized spacial score (nSPS) is 11.0. The fourth-order valence-corrected chi connectivity index (χ4v) is 3.49. The number of halogens is 2. The number of aliphatic hydroxyl groups excluding tert-OH is 1. The predicted molar refractivity (Wildman–Crippen MR) is 97.0 cm³/mol. The highest BCUT2D eigenvalue weighted by Crippen LogP contribution is 2.38. The molecule has 2 aromatic carbocycles. The van der Waals surface area contributed by atoms with E-state index in [0.29, 0.717) is 10.0 Å². The van der Waals surface area contributed by atoms with Gasteiger partial charge in [0.1, 0.15) is 0 Å². The standard InChI is InChI=1S/C19H17Cl2NO/c1-2-16-18(13-8-14(20)10-15(21)9-13)17(11-23)22-19(16)12-6-4-3-5-7-12/h3-10,22-23H,2,11H2,1H3. The van der Waals surface area contributed by atoms with Crippen LogP contribution < -0.4 is 0 Å². The van der Waals surface area contributed by atoms with Crippen LogP contribution in [0.3, 0.4) is 0 Å². The summed E-state index contributed by atoms with van der Waals surface area (Å²) in [4.78, 5) is 3.37. The number of H-pyrrole nitrogens is 1. The lowest BCUT2D eigenvalue weighted by Gasteiger charge is -2.08. The highest BCUT2D eigenvalue weighted by Gasteiger charge is 2.19. The van der Waals surface area contributed by atoms with E-state index in [0.717, 1.165) is 40.1 Å². The third-order valence-electron chi connectivity index (χ3n) is 3.91. The average Bonchev–Trinajstić information content (AvgIpc) is 2.93. The first-order chi connectivity index (χ1) is 11.1. The number of benzene rings is 2. The number of nitrogens with one attached hydrogen (secondary N) is 1. The van der Waals surface area contributed by atoms with E-state index in [1.807, 2.05) is 30.3 Å². The van der Waals surface area contributed by atoms with E-state index in [1.54, 1.807) is 6.07 Å². The highest BCUT2D eigenvalue weighted by atomic mass is 35.5. The smallest absolute Gasteiger partial charge is 0.0837 e. The molecule has 0 aliphatic rings. The summed E-state index contributed by atoms with van der Waals surface area (Å²) < 4.78 is 0. The van der Waals surface area contributed by atoms with Crippen molar-refractivity contribution in [2.75, 3.05) is 0 Å². The molecule has 0 saturated carbocycles. The summed E-state index contributed by atoms with van der Waals surface area (Å²) in [6.45, 7) is 2.03. The van der Waals surface area contributed by atoms with Gasteiger partial charge in [0.15, 0.2) is 0 Å². The van der Waals surface area contributed by atoms with Crippen molar-refractivity contribution in [3.05, 3.63) is 69.8 Å². The Morgan fingerprint density at radius 2 is 1.61 bits per heavy atom. The lowest BCUT2D eigenvalue weighted by molar-refractivity contribution is 0.278. The zero-order chi connectivity index (χ0) is 16.4. The first-order valence-electron chi connectivity index (χ1n) is 7.50. The maximum Gasteiger partial charge on any atom is 0.0837 e. The third kappa shape index (κ3) is 3.16. The molecule has 3 aromatic rings. The topological polar surface area (TPSA) is 36.0 Å². The van der Waals surface area contributed by atoms with E-state index in [9.17, 15) is 5.11 Å². The Morgan fingerprint density at radius 3 is 2.17 bits per heavy atom. The fraction of sp³-hybridized carbons (Fsp3) is 0.158. The van der Waals surface area contributed by atoms with Gasteiger partial charge in [0.2, 0.25) is 0 Å². The molecule has 0 unspecified atom stereocenters. The first kappa shape index (κ1) is 16.1. The molecular weight excluding hydrogens is 329 g/mol. The van der Waals surface area contributed by atoms with Gasteiger partial charge in [0.05, 0.1) is 6.61 Å². The van der Waals surface area contributed by atoms with Gasteiger partial charge < -0.3 is 10.1 Å². The highest BCUT2D eigenvalue weighted by molar-refractivity contribution is 6.35. The molecule has 0 aliphatic carbocycles. The Hall–Kier alpha value is -1.74. The van der Waals surface area contributed by atoms with Crippen LogP contribution in [0.5, 0.6) is 0 Å². The van der Waals surface area contributed by atoms with Gasteiger partial charge in [-0.3, -0.25) is 0 Å². The van der Waals surface area contributed by atoms with E-state index >= 15 is 0 Å². The first-order valence-corrected chi connectivity index (χ1v) is 8.26. The quantitative estimate of drug-likeness (QED) is 0.624. The van der Waals surface area contributed by atoms with Crippen LogP contribution in [0.25, 0.3) is 22.4 Å². The molecule has 0 atom stereocenters. The van der Waals surface area contributed by atoms with Crippen molar-refractivity contribution in [2.45, 2.75) is 20.0 Å². The summed E-state index contributed by atoms with van der Waals surface area (Å²) in [7, 11) is 0. The predicted octanol–water partition coefficient (Wildman–Crippen LogP) is 5.71. The average molecular weight is 346 g/mol. The van der Waals surface area contributed by atoms with E-state index in [1.165, 1.54) is 0 Å². The molecule has 118 valence electrons. The minimum absolute atomic E-state index is 0.0701. The van der Waals surface area contributed by atoms with Crippen LogP contribution in [0.1, 0.15) is 18.2 Å². The number of aliphatic hydroxyl groups is 1. The van der Waals surface area contributed by atoms with Crippen molar-refractivity contribution in [1.82, 2.24) is 4.98 Å². The van der Waals surface area contributed by atoms with Crippen molar-refractivity contribution in [1.29, 1.82) is 0 Å². The maximum absolute atomic E-state index is 9.80. The lowest BCUT2D eigenvalue weighted by atomic mass is 9.96. The van der Waals surface area contributed by atoms with Crippen molar-refractivity contribution in [3.8, 4) is 22.4 Å².